The van der Waals surface area contributed by atoms with Gasteiger partial charge in [0.2, 0.25) is 17.7 Å². The van der Waals surface area contributed by atoms with Gasteiger partial charge in [-0.2, -0.15) is 0 Å². The van der Waals surface area contributed by atoms with Crippen molar-refractivity contribution in [3.63, 3.8) is 0 Å². The fourth-order valence-electron chi connectivity index (χ4n) is 4.43. The van der Waals surface area contributed by atoms with Crippen LogP contribution in [0.3, 0.4) is 0 Å². The summed E-state index contributed by atoms with van der Waals surface area (Å²) in [5.41, 5.74) is 7.47. The molecule has 176 valence electrons. The molecule has 0 spiro atoms. The number of nitrogens with two attached hydrogens (primary N) is 1. The van der Waals surface area contributed by atoms with Crippen LogP contribution in [0, 0.1) is 12.8 Å². The Balaban J connectivity index is 1.62. The maximum absolute atomic E-state index is 13.1. The number of amides is 3. The lowest BCUT2D eigenvalue weighted by atomic mass is 9.91. The molecule has 1 aliphatic rings. The number of benzene rings is 2. The average Bonchev–Trinajstić information content (AvgIpc) is 3.28. The minimum atomic E-state index is -1.44. The summed E-state index contributed by atoms with van der Waals surface area (Å²) in [6.45, 7) is 2.35. The van der Waals surface area contributed by atoms with Gasteiger partial charge < -0.3 is 21.5 Å². The van der Waals surface area contributed by atoms with Crippen LogP contribution < -0.4 is 16.4 Å². The monoisotopic (exact) mass is 451 g/mol. The SMILES string of the molecule is Cc1ccccc1CNC(=O)C1(NC(=O)C(O)C[C@@H](Cc2ccccc2)C(N)=O)CCCC1. The van der Waals surface area contributed by atoms with Crippen molar-refractivity contribution in [1.29, 1.82) is 0 Å². The molecule has 2 atom stereocenters. The molecule has 0 saturated heterocycles. The Labute approximate surface area is 194 Å². The van der Waals surface area contributed by atoms with Crippen molar-refractivity contribution in [2.45, 2.75) is 63.6 Å². The van der Waals surface area contributed by atoms with Gasteiger partial charge in [0.25, 0.3) is 0 Å². The second-order valence-electron chi connectivity index (χ2n) is 8.93. The van der Waals surface area contributed by atoms with Gasteiger partial charge >= 0.3 is 0 Å². The molecule has 0 bridgehead atoms. The third kappa shape index (κ3) is 6.42. The third-order valence-electron chi connectivity index (χ3n) is 6.49. The maximum Gasteiger partial charge on any atom is 0.249 e. The summed E-state index contributed by atoms with van der Waals surface area (Å²) in [5.74, 6) is -2.17. The molecule has 2 aromatic rings. The quantitative estimate of drug-likeness (QED) is 0.442. The number of primary amides is 1. The lowest BCUT2D eigenvalue weighted by Crippen LogP contribution is -2.59. The summed E-state index contributed by atoms with van der Waals surface area (Å²) >= 11 is 0. The summed E-state index contributed by atoms with van der Waals surface area (Å²) in [5, 5.41) is 16.3. The molecule has 33 heavy (non-hydrogen) atoms. The van der Waals surface area contributed by atoms with Crippen molar-refractivity contribution >= 4 is 17.7 Å². The van der Waals surface area contributed by atoms with Gasteiger partial charge in [0.15, 0.2) is 0 Å². The first-order valence-corrected chi connectivity index (χ1v) is 11.5. The minimum Gasteiger partial charge on any atom is -0.383 e. The zero-order valence-electron chi connectivity index (χ0n) is 19.0. The van der Waals surface area contributed by atoms with Crippen LogP contribution in [0.25, 0.3) is 0 Å². The molecule has 7 nitrogen and oxygen atoms in total. The molecule has 1 aliphatic carbocycles. The Morgan fingerprint density at radius 3 is 2.30 bits per heavy atom. The van der Waals surface area contributed by atoms with Crippen LogP contribution >= 0.6 is 0 Å². The van der Waals surface area contributed by atoms with Crippen molar-refractivity contribution in [3.8, 4) is 0 Å². The van der Waals surface area contributed by atoms with E-state index in [1.165, 1.54) is 0 Å². The molecule has 3 rings (SSSR count). The summed E-state index contributed by atoms with van der Waals surface area (Å²) in [6.07, 6.45) is 1.44. The molecule has 7 heteroatoms. The van der Waals surface area contributed by atoms with Crippen LogP contribution in [-0.4, -0.2) is 34.5 Å². The van der Waals surface area contributed by atoms with Crippen LogP contribution in [0.1, 0.15) is 48.8 Å². The molecule has 0 aliphatic heterocycles. The van der Waals surface area contributed by atoms with Gasteiger partial charge in [-0.05, 0) is 49.3 Å². The predicted octanol–water partition coefficient (Wildman–Crippen LogP) is 2.14. The Bertz CT molecular complexity index is 971. The van der Waals surface area contributed by atoms with Crippen molar-refractivity contribution in [3.05, 3.63) is 71.3 Å². The fourth-order valence-corrected chi connectivity index (χ4v) is 4.43. The van der Waals surface area contributed by atoms with Gasteiger partial charge in [0.1, 0.15) is 11.6 Å². The number of aryl methyl sites for hydroxylation is 1. The van der Waals surface area contributed by atoms with Gasteiger partial charge in [-0.15, -0.1) is 0 Å². The van der Waals surface area contributed by atoms with E-state index in [1.54, 1.807) is 0 Å². The number of carbonyl (C=O) groups is 3. The highest BCUT2D eigenvalue weighted by atomic mass is 16.3. The van der Waals surface area contributed by atoms with E-state index in [-0.39, 0.29) is 12.3 Å². The van der Waals surface area contributed by atoms with Crippen molar-refractivity contribution < 1.29 is 19.5 Å². The number of hydrogen-bond donors (Lipinski definition) is 4. The second-order valence-corrected chi connectivity index (χ2v) is 8.93. The molecule has 2 aromatic carbocycles. The summed E-state index contributed by atoms with van der Waals surface area (Å²) in [6, 6.07) is 17.1. The molecule has 1 fully saturated rings. The van der Waals surface area contributed by atoms with E-state index in [2.05, 4.69) is 10.6 Å². The largest absolute Gasteiger partial charge is 0.383 e. The third-order valence-corrected chi connectivity index (χ3v) is 6.49. The summed E-state index contributed by atoms with van der Waals surface area (Å²) < 4.78 is 0. The van der Waals surface area contributed by atoms with Crippen molar-refractivity contribution in [2.24, 2.45) is 11.7 Å². The fraction of sp³-hybridized carbons (Fsp3) is 0.423. The van der Waals surface area contributed by atoms with E-state index in [0.717, 1.165) is 29.5 Å². The van der Waals surface area contributed by atoms with E-state index in [9.17, 15) is 19.5 Å². The van der Waals surface area contributed by atoms with Gasteiger partial charge in [0, 0.05) is 12.5 Å². The van der Waals surface area contributed by atoms with E-state index < -0.39 is 29.4 Å². The Hall–Kier alpha value is -3.19. The predicted molar refractivity (Wildman–Crippen MR) is 126 cm³/mol. The van der Waals surface area contributed by atoms with E-state index >= 15 is 0 Å². The molecular weight excluding hydrogens is 418 g/mol. The molecule has 1 unspecified atom stereocenters. The van der Waals surface area contributed by atoms with Crippen LogP contribution in [-0.2, 0) is 27.3 Å². The highest BCUT2D eigenvalue weighted by Crippen LogP contribution is 2.30. The highest BCUT2D eigenvalue weighted by molar-refractivity contribution is 5.93. The normalized spacial score (nSPS) is 16.5. The van der Waals surface area contributed by atoms with E-state index in [4.69, 9.17) is 5.73 Å². The molecule has 0 heterocycles. The van der Waals surface area contributed by atoms with Gasteiger partial charge in [-0.1, -0.05) is 67.4 Å². The lowest BCUT2D eigenvalue weighted by Gasteiger charge is -2.30. The molecule has 1 saturated carbocycles. The molecule has 3 amide bonds. The molecule has 0 aromatic heterocycles. The standard InChI is InChI=1S/C26H33N3O4/c1-18-9-5-6-12-20(18)17-28-25(33)26(13-7-8-14-26)29-24(32)22(30)16-21(23(27)31)15-19-10-3-2-4-11-19/h2-6,9-12,21-22,30H,7-8,13-17H2,1H3,(H2,27,31)(H,28,33)(H,29,32)/t21-,22?/m1/s1. The number of nitrogens with one attached hydrogen (secondary N) is 2. The van der Waals surface area contributed by atoms with E-state index in [0.29, 0.717) is 25.8 Å². The number of aliphatic hydroxyl groups is 1. The Morgan fingerprint density at radius 1 is 1.03 bits per heavy atom. The first kappa shape index (κ1) is 24.5. The van der Waals surface area contributed by atoms with E-state index in [1.807, 2.05) is 61.5 Å². The smallest absolute Gasteiger partial charge is 0.249 e. The van der Waals surface area contributed by atoms with Crippen LogP contribution in [0.5, 0.6) is 0 Å². The van der Waals surface area contributed by atoms with Gasteiger partial charge in [-0.25, -0.2) is 0 Å². The zero-order chi connectivity index (χ0) is 23.8. The Kier molecular flexibility index (Phi) is 8.22. The molecular formula is C26H33N3O4. The summed E-state index contributed by atoms with van der Waals surface area (Å²) in [7, 11) is 0. The first-order chi connectivity index (χ1) is 15.8. The molecule has 5 N–H and O–H groups in total. The van der Waals surface area contributed by atoms with Gasteiger partial charge in [0.05, 0.1) is 0 Å². The van der Waals surface area contributed by atoms with Crippen LogP contribution in [0.2, 0.25) is 0 Å². The number of carbonyl (C=O) groups excluding carboxylic acids is 3. The number of aliphatic hydroxyl groups excluding tert-OH is 1. The van der Waals surface area contributed by atoms with Crippen molar-refractivity contribution in [2.75, 3.05) is 0 Å². The number of hydrogen-bond acceptors (Lipinski definition) is 4. The lowest BCUT2D eigenvalue weighted by molar-refractivity contribution is -0.139. The highest BCUT2D eigenvalue weighted by Gasteiger charge is 2.43. The number of rotatable bonds is 10. The zero-order valence-corrected chi connectivity index (χ0v) is 19.0. The molecule has 0 radical (unpaired) electrons. The first-order valence-electron chi connectivity index (χ1n) is 11.5. The van der Waals surface area contributed by atoms with Gasteiger partial charge in [-0.3, -0.25) is 14.4 Å². The maximum atomic E-state index is 13.1. The van der Waals surface area contributed by atoms with Crippen LogP contribution in [0.4, 0.5) is 0 Å². The second kappa shape index (κ2) is 11.1. The topological polar surface area (TPSA) is 122 Å². The van der Waals surface area contributed by atoms with Crippen LogP contribution in [0.15, 0.2) is 54.6 Å². The van der Waals surface area contributed by atoms with Crippen molar-refractivity contribution in [1.82, 2.24) is 10.6 Å². The minimum absolute atomic E-state index is 0.100. The average molecular weight is 452 g/mol. The Morgan fingerprint density at radius 2 is 1.67 bits per heavy atom. The summed E-state index contributed by atoms with van der Waals surface area (Å²) in [4.78, 5) is 37.9.